The third-order valence-electron chi connectivity index (χ3n) is 5.21. The molecule has 1 heterocycles. The van der Waals surface area contributed by atoms with E-state index in [1.54, 1.807) is 24.3 Å². The maximum absolute atomic E-state index is 13.1. The number of ketones is 1. The number of para-hydroxylation sites is 2. The number of carboxylic acids is 1. The number of hydrogen-bond donors (Lipinski definition) is 3. The van der Waals surface area contributed by atoms with Crippen molar-refractivity contribution in [3.8, 4) is 0 Å². The molecule has 2 aliphatic rings. The smallest absolute Gasteiger partial charge is 0.335 e. The summed E-state index contributed by atoms with van der Waals surface area (Å²) in [7, 11) is 0. The van der Waals surface area contributed by atoms with Crippen LogP contribution in [0.2, 0.25) is 0 Å². The summed E-state index contributed by atoms with van der Waals surface area (Å²) < 4.78 is 0. The molecule has 0 radical (unpaired) electrons. The summed E-state index contributed by atoms with van der Waals surface area (Å²) >= 11 is 0. The van der Waals surface area contributed by atoms with Gasteiger partial charge in [0.05, 0.1) is 23.0 Å². The predicted octanol–water partition coefficient (Wildman–Crippen LogP) is 4.61. The second-order valence-corrected chi connectivity index (χ2v) is 8.01. The van der Waals surface area contributed by atoms with Crippen LogP contribution in [0.1, 0.15) is 48.7 Å². The van der Waals surface area contributed by atoms with E-state index >= 15 is 0 Å². The highest BCUT2D eigenvalue weighted by atomic mass is 16.4. The average Bonchev–Trinajstić information content (AvgIpc) is 2.77. The van der Waals surface area contributed by atoms with Crippen LogP contribution in [-0.4, -0.2) is 16.9 Å². The van der Waals surface area contributed by atoms with Crippen LogP contribution in [0.3, 0.4) is 0 Å². The highest BCUT2D eigenvalue weighted by Gasteiger charge is 2.38. The van der Waals surface area contributed by atoms with Crippen LogP contribution in [0.4, 0.5) is 11.4 Å². The molecule has 0 bridgehead atoms. The standard InChI is InChI=1S/C22H22N2O3/c1-22(2)11-17-19(18(25)12-22)20(13-7-9-14(10-8-13)21(26)27)24-16-6-4-3-5-15(16)23-17/h3-10,20,23-24H,11-12H2,1-2H3,(H,26,27). The molecule has 5 nitrogen and oxygen atoms in total. The number of nitrogens with one attached hydrogen (secondary N) is 2. The summed E-state index contributed by atoms with van der Waals surface area (Å²) in [5.74, 6) is -0.834. The molecule has 1 atom stereocenters. The largest absolute Gasteiger partial charge is 0.478 e. The fraction of sp³-hybridized carbons (Fsp3) is 0.273. The summed E-state index contributed by atoms with van der Waals surface area (Å²) in [5.41, 5.74) is 4.56. The van der Waals surface area contributed by atoms with Crippen molar-refractivity contribution in [2.75, 3.05) is 10.6 Å². The van der Waals surface area contributed by atoms with Crippen LogP contribution in [0.5, 0.6) is 0 Å². The lowest BCUT2D eigenvalue weighted by Crippen LogP contribution is -2.31. The molecule has 0 aromatic heterocycles. The number of anilines is 2. The van der Waals surface area contributed by atoms with Gasteiger partial charge in [-0.1, -0.05) is 38.1 Å². The van der Waals surface area contributed by atoms with Gasteiger partial charge in [0.15, 0.2) is 5.78 Å². The molecule has 138 valence electrons. The zero-order valence-corrected chi connectivity index (χ0v) is 15.4. The zero-order valence-electron chi connectivity index (χ0n) is 15.4. The van der Waals surface area contributed by atoms with Crippen molar-refractivity contribution < 1.29 is 14.7 Å². The lowest BCUT2D eigenvalue weighted by Gasteiger charge is -2.34. The Balaban J connectivity index is 1.84. The number of allylic oxidation sites excluding steroid dienone is 1. The van der Waals surface area contributed by atoms with Gasteiger partial charge in [0, 0.05) is 17.7 Å². The van der Waals surface area contributed by atoms with E-state index in [1.165, 1.54) is 0 Å². The molecule has 4 rings (SSSR count). The van der Waals surface area contributed by atoms with Crippen molar-refractivity contribution >= 4 is 23.1 Å². The van der Waals surface area contributed by atoms with Crippen molar-refractivity contribution in [2.24, 2.45) is 5.41 Å². The summed E-state index contributed by atoms with van der Waals surface area (Å²) in [6, 6.07) is 14.3. The number of hydrogen-bond acceptors (Lipinski definition) is 4. The number of fused-ring (bicyclic) bond motifs is 1. The number of benzene rings is 2. The van der Waals surface area contributed by atoms with Gasteiger partial charge in [-0.15, -0.1) is 0 Å². The first-order valence-corrected chi connectivity index (χ1v) is 9.06. The van der Waals surface area contributed by atoms with Gasteiger partial charge in [0.2, 0.25) is 0 Å². The number of aromatic carboxylic acids is 1. The second-order valence-electron chi connectivity index (χ2n) is 8.01. The SMILES string of the molecule is CC1(C)CC(=O)C2=C(C1)Nc1ccccc1NC2c1ccc(C(=O)O)cc1. The van der Waals surface area contributed by atoms with Gasteiger partial charge in [0.1, 0.15) is 0 Å². The molecule has 5 heteroatoms. The maximum Gasteiger partial charge on any atom is 0.335 e. The molecule has 2 aromatic rings. The van der Waals surface area contributed by atoms with Crippen LogP contribution >= 0.6 is 0 Å². The first-order chi connectivity index (χ1) is 12.8. The fourth-order valence-corrected chi connectivity index (χ4v) is 3.96. The van der Waals surface area contributed by atoms with E-state index < -0.39 is 5.97 Å². The van der Waals surface area contributed by atoms with E-state index in [-0.39, 0.29) is 22.8 Å². The van der Waals surface area contributed by atoms with Gasteiger partial charge in [0.25, 0.3) is 0 Å². The molecule has 1 unspecified atom stereocenters. The highest BCUT2D eigenvalue weighted by Crippen LogP contribution is 2.45. The van der Waals surface area contributed by atoms with Gasteiger partial charge in [-0.25, -0.2) is 4.79 Å². The Labute approximate surface area is 158 Å². The minimum absolute atomic E-state index is 0.0973. The second kappa shape index (κ2) is 6.27. The van der Waals surface area contributed by atoms with Gasteiger partial charge in [-0.2, -0.15) is 0 Å². The lowest BCUT2D eigenvalue weighted by molar-refractivity contribution is -0.118. The Morgan fingerprint density at radius 3 is 2.37 bits per heavy atom. The molecular formula is C22H22N2O3. The third-order valence-corrected chi connectivity index (χ3v) is 5.21. The molecule has 27 heavy (non-hydrogen) atoms. The first kappa shape index (κ1) is 17.3. The molecule has 0 saturated carbocycles. The highest BCUT2D eigenvalue weighted by molar-refractivity contribution is 6.01. The monoisotopic (exact) mass is 362 g/mol. The van der Waals surface area contributed by atoms with Crippen molar-refractivity contribution in [1.82, 2.24) is 0 Å². The Morgan fingerprint density at radius 2 is 1.70 bits per heavy atom. The quantitative estimate of drug-likeness (QED) is 0.727. The molecule has 2 aromatic carbocycles. The average molecular weight is 362 g/mol. The lowest BCUT2D eigenvalue weighted by atomic mass is 9.73. The minimum Gasteiger partial charge on any atom is -0.478 e. The zero-order chi connectivity index (χ0) is 19.2. The van der Waals surface area contributed by atoms with E-state index in [0.717, 1.165) is 34.6 Å². The Morgan fingerprint density at radius 1 is 1.04 bits per heavy atom. The molecule has 0 spiro atoms. The molecule has 3 N–H and O–H groups in total. The van der Waals surface area contributed by atoms with Crippen LogP contribution in [0.25, 0.3) is 0 Å². The molecule has 0 fully saturated rings. The van der Waals surface area contributed by atoms with Crippen LogP contribution in [0, 0.1) is 5.41 Å². The number of carboxylic acid groups (broad SMARTS) is 1. The van der Waals surface area contributed by atoms with Crippen molar-refractivity contribution in [2.45, 2.75) is 32.7 Å². The van der Waals surface area contributed by atoms with E-state index in [0.29, 0.717) is 6.42 Å². The summed E-state index contributed by atoms with van der Waals surface area (Å²) in [6.45, 7) is 4.22. The Hall–Kier alpha value is -3.08. The van der Waals surface area contributed by atoms with Gasteiger partial charge >= 0.3 is 5.97 Å². The number of rotatable bonds is 2. The van der Waals surface area contributed by atoms with Crippen LogP contribution in [-0.2, 0) is 4.79 Å². The Bertz CT molecular complexity index is 958. The number of Topliss-reactive ketones (excluding diaryl/α,β-unsaturated/α-hetero) is 1. The fourth-order valence-electron chi connectivity index (χ4n) is 3.96. The number of carbonyl (C=O) groups is 2. The van der Waals surface area contributed by atoms with E-state index in [9.17, 15) is 9.59 Å². The van der Waals surface area contributed by atoms with E-state index in [4.69, 9.17) is 5.11 Å². The predicted molar refractivity (Wildman–Crippen MR) is 105 cm³/mol. The topological polar surface area (TPSA) is 78.4 Å². The van der Waals surface area contributed by atoms with Crippen molar-refractivity contribution in [3.63, 3.8) is 0 Å². The van der Waals surface area contributed by atoms with Crippen LogP contribution in [0.15, 0.2) is 59.8 Å². The molecule has 1 aliphatic heterocycles. The minimum atomic E-state index is -0.960. The number of carbonyl (C=O) groups excluding carboxylic acids is 1. The van der Waals surface area contributed by atoms with Gasteiger partial charge < -0.3 is 15.7 Å². The van der Waals surface area contributed by atoms with Gasteiger partial charge in [-0.3, -0.25) is 4.79 Å². The van der Waals surface area contributed by atoms with Gasteiger partial charge in [-0.05, 0) is 41.7 Å². The molecule has 0 amide bonds. The van der Waals surface area contributed by atoms with Crippen molar-refractivity contribution in [1.29, 1.82) is 0 Å². The van der Waals surface area contributed by atoms with Crippen molar-refractivity contribution in [3.05, 3.63) is 70.9 Å². The maximum atomic E-state index is 13.1. The summed E-state index contributed by atoms with van der Waals surface area (Å²) in [5, 5.41) is 16.1. The van der Waals surface area contributed by atoms with E-state index in [1.807, 2.05) is 24.3 Å². The third kappa shape index (κ3) is 3.21. The van der Waals surface area contributed by atoms with E-state index in [2.05, 4.69) is 24.5 Å². The summed E-state index contributed by atoms with van der Waals surface area (Å²) in [4.78, 5) is 24.2. The Kier molecular flexibility index (Phi) is 4.02. The van der Waals surface area contributed by atoms with Crippen LogP contribution < -0.4 is 10.6 Å². The molecule has 1 aliphatic carbocycles. The first-order valence-electron chi connectivity index (χ1n) is 9.06. The molecule has 0 saturated heterocycles. The molecular weight excluding hydrogens is 340 g/mol. The summed E-state index contributed by atoms with van der Waals surface area (Å²) in [6.07, 6.45) is 1.28. The normalized spacial score (nSPS) is 20.7.